The number of nitrogens with zero attached hydrogens (tertiary/aromatic N) is 1. The first-order chi connectivity index (χ1) is 7.76. The third-order valence-corrected chi connectivity index (χ3v) is 3.17. The molecule has 2 unspecified atom stereocenters. The summed E-state index contributed by atoms with van der Waals surface area (Å²) < 4.78 is 5.68. The maximum atomic E-state index is 5.68. The van der Waals surface area contributed by atoms with E-state index in [1.165, 1.54) is 13.0 Å². The van der Waals surface area contributed by atoms with Gasteiger partial charge in [0, 0.05) is 19.6 Å². The Labute approximate surface area is 101 Å². The van der Waals surface area contributed by atoms with Gasteiger partial charge in [0.2, 0.25) is 0 Å². The maximum absolute atomic E-state index is 5.68. The van der Waals surface area contributed by atoms with Gasteiger partial charge in [-0.05, 0) is 31.8 Å². The van der Waals surface area contributed by atoms with Crippen molar-refractivity contribution in [3.63, 3.8) is 0 Å². The standard InChI is InChI=1S/C13H28N2O/c1-4-6-14-9-12(3)10-15-7-8-16-13(5-2)11-15/h12-14H,4-11H2,1-3H3. The molecule has 0 saturated carbocycles. The van der Waals surface area contributed by atoms with Crippen LogP contribution in [0.5, 0.6) is 0 Å². The molecule has 0 bridgehead atoms. The van der Waals surface area contributed by atoms with Crippen molar-refractivity contribution < 1.29 is 4.74 Å². The summed E-state index contributed by atoms with van der Waals surface area (Å²) in [5, 5.41) is 3.49. The van der Waals surface area contributed by atoms with E-state index in [0.717, 1.165) is 45.1 Å². The van der Waals surface area contributed by atoms with Gasteiger partial charge in [0.05, 0.1) is 12.7 Å². The Morgan fingerprint density at radius 2 is 2.25 bits per heavy atom. The van der Waals surface area contributed by atoms with E-state index >= 15 is 0 Å². The molecular formula is C13H28N2O. The van der Waals surface area contributed by atoms with Crippen LogP contribution >= 0.6 is 0 Å². The van der Waals surface area contributed by atoms with Crippen LogP contribution in [0.4, 0.5) is 0 Å². The average Bonchev–Trinajstić information content (AvgIpc) is 2.29. The van der Waals surface area contributed by atoms with Crippen LogP contribution in [0.3, 0.4) is 0 Å². The predicted molar refractivity (Wildman–Crippen MR) is 68.8 cm³/mol. The summed E-state index contributed by atoms with van der Waals surface area (Å²) in [6, 6.07) is 0. The second-order valence-corrected chi connectivity index (χ2v) is 4.97. The number of nitrogens with one attached hydrogen (secondary N) is 1. The topological polar surface area (TPSA) is 24.5 Å². The van der Waals surface area contributed by atoms with Gasteiger partial charge >= 0.3 is 0 Å². The van der Waals surface area contributed by atoms with Crippen molar-refractivity contribution in [1.29, 1.82) is 0 Å². The van der Waals surface area contributed by atoms with Gasteiger partial charge in [-0.3, -0.25) is 4.90 Å². The SMILES string of the molecule is CCCNCC(C)CN1CCOC(CC)C1. The van der Waals surface area contributed by atoms with E-state index in [2.05, 4.69) is 31.0 Å². The van der Waals surface area contributed by atoms with E-state index in [9.17, 15) is 0 Å². The van der Waals surface area contributed by atoms with Gasteiger partial charge in [-0.1, -0.05) is 20.8 Å². The zero-order chi connectivity index (χ0) is 11.8. The van der Waals surface area contributed by atoms with Crippen molar-refractivity contribution >= 4 is 0 Å². The molecule has 1 heterocycles. The Kier molecular flexibility index (Phi) is 7.01. The number of rotatable bonds is 7. The molecule has 16 heavy (non-hydrogen) atoms. The summed E-state index contributed by atoms with van der Waals surface area (Å²) in [4.78, 5) is 2.55. The monoisotopic (exact) mass is 228 g/mol. The van der Waals surface area contributed by atoms with Crippen LogP contribution in [0.1, 0.15) is 33.6 Å². The molecule has 96 valence electrons. The molecule has 0 radical (unpaired) electrons. The fourth-order valence-corrected chi connectivity index (χ4v) is 2.22. The molecule has 0 aliphatic carbocycles. The van der Waals surface area contributed by atoms with E-state index in [1.807, 2.05) is 0 Å². The quantitative estimate of drug-likeness (QED) is 0.672. The molecule has 1 N–H and O–H groups in total. The number of morpholine rings is 1. The summed E-state index contributed by atoms with van der Waals surface area (Å²) in [5.74, 6) is 0.738. The summed E-state index contributed by atoms with van der Waals surface area (Å²) >= 11 is 0. The molecule has 1 aliphatic heterocycles. The fraction of sp³-hybridized carbons (Fsp3) is 1.00. The molecule has 3 heteroatoms. The highest BCUT2D eigenvalue weighted by Gasteiger charge is 2.19. The second kappa shape index (κ2) is 8.04. The molecule has 0 amide bonds. The van der Waals surface area contributed by atoms with Gasteiger partial charge in [0.1, 0.15) is 0 Å². The molecule has 1 saturated heterocycles. The lowest BCUT2D eigenvalue weighted by Crippen LogP contribution is -2.45. The molecule has 0 aromatic heterocycles. The third-order valence-electron chi connectivity index (χ3n) is 3.17. The first-order valence-electron chi connectivity index (χ1n) is 6.80. The smallest absolute Gasteiger partial charge is 0.0700 e. The van der Waals surface area contributed by atoms with Crippen molar-refractivity contribution in [3.8, 4) is 0 Å². The Bertz CT molecular complexity index is 175. The van der Waals surface area contributed by atoms with E-state index in [-0.39, 0.29) is 0 Å². The minimum Gasteiger partial charge on any atom is -0.376 e. The van der Waals surface area contributed by atoms with Gasteiger partial charge in [-0.15, -0.1) is 0 Å². The van der Waals surface area contributed by atoms with Crippen molar-refractivity contribution in [2.45, 2.75) is 39.7 Å². The highest BCUT2D eigenvalue weighted by atomic mass is 16.5. The number of hydrogen-bond acceptors (Lipinski definition) is 3. The Hall–Kier alpha value is -0.120. The van der Waals surface area contributed by atoms with E-state index < -0.39 is 0 Å². The zero-order valence-electron chi connectivity index (χ0n) is 11.2. The van der Waals surface area contributed by atoms with Gasteiger partial charge in [-0.25, -0.2) is 0 Å². The van der Waals surface area contributed by atoms with Gasteiger partial charge in [0.15, 0.2) is 0 Å². The van der Waals surface area contributed by atoms with Gasteiger partial charge < -0.3 is 10.1 Å². The Morgan fingerprint density at radius 3 is 2.94 bits per heavy atom. The molecule has 1 fully saturated rings. The van der Waals surface area contributed by atoms with E-state index in [4.69, 9.17) is 4.74 Å². The largest absolute Gasteiger partial charge is 0.376 e. The normalized spacial score (nSPS) is 24.6. The van der Waals surface area contributed by atoms with Crippen molar-refractivity contribution in [2.75, 3.05) is 39.3 Å². The summed E-state index contributed by atoms with van der Waals surface area (Å²) in [6.45, 7) is 13.4. The lowest BCUT2D eigenvalue weighted by atomic mass is 10.1. The van der Waals surface area contributed by atoms with Crippen LogP contribution in [-0.2, 0) is 4.74 Å². The molecule has 1 rings (SSSR count). The number of hydrogen-bond donors (Lipinski definition) is 1. The minimum atomic E-state index is 0.463. The van der Waals surface area contributed by atoms with Crippen molar-refractivity contribution in [2.24, 2.45) is 5.92 Å². The Balaban J connectivity index is 2.14. The van der Waals surface area contributed by atoms with Gasteiger partial charge in [-0.2, -0.15) is 0 Å². The molecule has 2 atom stereocenters. The lowest BCUT2D eigenvalue weighted by molar-refractivity contribution is -0.0333. The van der Waals surface area contributed by atoms with Crippen LogP contribution in [0.15, 0.2) is 0 Å². The van der Waals surface area contributed by atoms with Crippen LogP contribution < -0.4 is 5.32 Å². The van der Waals surface area contributed by atoms with Crippen LogP contribution in [-0.4, -0.2) is 50.3 Å². The molecule has 0 aromatic carbocycles. The number of ether oxygens (including phenoxy) is 1. The maximum Gasteiger partial charge on any atom is 0.0700 e. The summed E-state index contributed by atoms with van der Waals surface area (Å²) in [7, 11) is 0. The third kappa shape index (κ3) is 5.28. The Morgan fingerprint density at radius 1 is 1.44 bits per heavy atom. The first-order valence-corrected chi connectivity index (χ1v) is 6.80. The summed E-state index contributed by atoms with van der Waals surface area (Å²) in [6.07, 6.45) is 2.82. The van der Waals surface area contributed by atoms with E-state index in [0.29, 0.717) is 6.10 Å². The highest BCUT2D eigenvalue weighted by molar-refractivity contribution is 4.72. The van der Waals surface area contributed by atoms with Gasteiger partial charge in [0.25, 0.3) is 0 Å². The lowest BCUT2D eigenvalue weighted by Gasteiger charge is -2.34. The molecule has 0 aromatic rings. The first kappa shape index (κ1) is 13.9. The summed E-state index contributed by atoms with van der Waals surface area (Å²) in [5.41, 5.74) is 0. The predicted octanol–water partition coefficient (Wildman–Crippen LogP) is 1.73. The van der Waals surface area contributed by atoms with E-state index in [1.54, 1.807) is 0 Å². The van der Waals surface area contributed by atoms with Crippen molar-refractivity contribution in [3.05, 3.63) is 0 Å². The van der Waals surface area contributed by atoms with Crippen LogP contribution in [0, 0.1) is 5.92 Å². The minimum absolute atomic E-state index is 0.463. The molecule has 3 nitrogen and oxygen atoms in total. The second-order valence-electron chi connectivity index (χ2n) is 4.97. The average molecular weight is 228 g/mol. The van der Waals surface area contributed by atoms with Crippen molar-refractivity contribution in [1.82, 2.24) is 10.2 Å². The van der Waals surface area contributed by atoms with Crippen LogP contribution in [0.2, 0.25) is 0 Å². The molecular weight excluding hydrogens is 200 g/mol. The van der Waals surface area contributed by atoms with Crippen LogP contribution in [0.25, 0.3) is 0 Å². The molecule has 1 aliphatic rings. The fourth-order valence-electron chi connectivity index (χ4n) is 2.22. The molecule has 0 spiro atoms. The zero-order valence-corrected chi connectivity index (χ0v) is 11.2. The highest BCUT2D eigenvalue weighted by Crippen LogP contribution is 2.10.